The predicted molar refractivity (Wildman–Crippen MR) is 101 cm³/mol. The zero-order valence-corrected chi connectivity index (χ0v) is 15.1. The lowest BCUT2D eigenvalue weighted by molar-refractivity contribution is -0.144. The van der Waals surface area contributed by atoms with Gasteiger partial charge in [0.05, 0.1) is 4.88 Å². The first kappa shape index (κ1) is 18.5. The third-order valence-corrected chi connectivity index (χ3v) is 4.58. The smallest absolute Gasteiger partial charge is 0.344 e. The van der Waals surface area contributed by atoms with Crippen molar-refractivity contribution in [2.45, 2.75) is 0 Å². The SMILES string of the molecule is O=C(COc1ccc(C(=O)c2ccccc2)cc1)OCC(=O)c1cccs1. The van der Waals surface area contributed by atoms with Crippen LogP contribution in [0.5, 0.6) is 5.75 Å². The summed E-state index contributed by atoms with van der Waals surface area (Å²) in [6.07, 6.45) is 0. The summed E-state index contributed by atoms with van der Waals surface area (Å²) >= 11 is 1.30. The van der Waals surface area contributed by atoms with Gasteiger partial charge in [0.15, 0.2) is 19.0 Å². The van der Waals surface area contributed by atoms with E-state index in [-0.39, 0.29) is 24.8 Å². The van der Waals surface area contributed by atoms with Crippen LogP contribution in [0.2, 0.25) is 0 Å². The maximum Gasteiger partial charge on any atom is 0.344 e. The lowest BCUT2D eigenvalue weighted by atomic mass is 10.0. The molecule has 6 heteroatoms. The van der Waals surface area contributed by atoms with Gasteiger partial charge in [-0.25, -0.2) is 4.79 Å². The molecule has 3 rings (SSSR count). The van der Waals surface area contributed by atoms with E-state index in [1.165, 1.54) is 11.3 Å². The third kappa shape index (κ3) is 5.12. The maximum absolute atomic E-state index is 12.3. The van der Waals surface area contributed by atoms with Crippen molar-refractivity contribution in [3.63, 3.8) is 0 Å². The van der Waals surface area contributed by atoms with Gasteiger partial charge in [0.25, 0.3) is 0 Å². The molecule has 3 aromatic rings. The second kappa shape index (κ2) is 8.91. The summed E-state index contributed by atoms with van der Waals surface area (Å²) in [7, 11) is 0. The fourth-order valence-electron chi connectivity index (χ4n) is 2.30. The fraction of sp³-hybridized carbons (Fsp3) is 0.0952. The Morgan fingerprint density at radius 3 is 2.15 bits per heavy atom. The van der Waals surface area contributed by atoms with Gasteiger partial charge in [-0.1, -0.05) is 36.4 Å². The van der Waals surface area contributed by atoms with Crippen molar-refractivity contribution >= 4 is 28.9 Å². The topological polar surface area (TPSA) is 69.7 Å². The molecule has 0 saturated carbocycles. The summed E-state index contributed by atoms with van der Waals surface area (Å²) < 4.78 is 10.2. The minimum absolute atomic E-state index is 0.0892. The van der Waals surface area contributed by atoms with Crippen molar-refractivity contribution < 1.29 is 23.9 Å². The highest BCUT2D eigenvalue weighted by molar-refractivity contribution is 7.12. The van der Waals surface area contributed by atoms with Crippen LogP contribution in [0.25, 0.3) is 0 Å². The molecule has 27 heavy (non-hydrogen) atoms. The molecule has 0 spiro atoms. The van der Waals surface area contributed by atoms with Gasteiger partial charge in [-0.15, -0.1) is 11.3 Å². The number of esters is 1. The molecular weight excluding hydrogens is 364 g/mol. The highest BCUT2D eigenvalue weighted by Crippen LogP contribution is 2.15. The first-order valence-electron chi connectivity index (χ1n) is 8.18. The van der Waals surface area contributed by atoms with Crippen molar-refractivity contribution in [2.75, 3.05) is 13.2 Å². The average molecular weight is 380 g/mol. The molecule has 5 nitrogen and oxygen atoms in total. The number of benzene rings is 2. The van der Waals surface area contributed by atoms with Gasteiger partial charge >= 0.3 is 5.97 Å². The van der Waals surface area contributed by atoms with Crippen LogP contribution >= 0.6 is 11.3 Å². The Hall–Kier alpha value is -3.25. The van der Waals surface area contributed by atoms with Crippen LogP contribution in [0.4, 0.5) is 0 Å². The number of Topliss-reactive ketones (excluding diaryl/α,β-unsaturated/α-hetero) is 1. The number of thiophene rings is 1. The van der Waals surface area contributed by atoms with E-state index in [1.807, 2.05) is 6.07 Å². The van der Waals surface area contributed by atoms with Crippen LogP contribution < -0.4 is 4.74 Å². The number of carbonyl (C=O) groups is 3. The third-order valence-electron chi connectivity index (χ3n) is 3.67. The largest absolute Gasteiger partial charge is 0.482 e. The van der Waals surface area contributed by atoms with E-state index < -0.39 is 5.97 Å². The van der Waals surface area contributed by atoms with Gasteiger partial charge in [0, 0.05) is 11.1 Å². The van der Waals surface area contributed by atoms with Crippen molar-refractivity contribution in [3.05, 3.63) is 88.1 Å². The molecule has 136 valence electrons. The lowest BCUT2D eigenvalue weighted by Gasteiger charge is -2.07. The molecule has 0 fully saturated rings. The molecule has 0 N–H and O–H groups in total. The number of hydrogen-bond acceptors (Lipinski definition) is 6. The predicted octanol–water partition coefficient (Wildman–Crippen LogP) is 3.78. The molecular formula is C21H16O5S. The highest BCUT2D eigenvalue weighted by atomic mass is 32.1. The zero-order valence-electron chi connectivity index (χ0n) is 14.3. The van der Waals surface area contributed by atoms with Gasteiger partial charge in [-0.3, -0.25) is 9.59 Å². The Morgan fingerprint density at radius 1 is 0.778 bits per heavy atom. The van der Waals surface area contributed by atoms with Crippen LogP contribution in [-0.2, 0) is 9.53 Å². The molecule has 0 atom stereocenters. The molecule has 0 unspecified atom stereocenters. The summed E-state index contributed by atoms with van der Waals surface area (Å²) in [6.45, 7) is -0.628. The molecule has 0 saturated heterocycles. The average Bonchev–Trinajstić information content (AvgIpc) is 3.26. The molecule has 0 aliphatic carbocycles. The monoisotopic (exact) mass is 380 g/mol. The number of hydrogen-bond donors (Lipinski definition) is 0. The minimum atomic E-state index is -0.635. The van der Waals surface area contributed by atoms with E-state index >= 15 is 0 Å². The van der Waals surface area contributed by atoms with Gasteiger partial charge < -0.3 is 9.47 Å². The summed E-state index contributed by atoms with van der Waals surface area (Å²) in [5.41, 5.74) is 1.13. The van der Waals surface area contributed by atoms with E-state index in [0.717, 1.165) is 0 Å². The van der Waals surface area contributed by atoms with Crippen LogP contribution in [0.15, 0.2) is 72.1 Å². The van der Waals surface area contributed by atoms with E-state index in [1.54, 1.807) is 66.0 Å². The van der Waals surface area contributed by atoms with E-state index in [9.17, 15) is 14.4 Å². The lowest BCUT2D eigenvalue weighted by Crippen LogP contribution is -2.19. The number of carbonyl (C=O) groups excluding carboxylic acids is 3. The quantitative estimate of drug-likeness (QED) is 0.439. The Labute approximate surface area is 160 Å². The Balaban J connectivity index is 1.48. The van der Waals surface area contributed by atoms with Crippen molar-refractivity contribution in [1.29, 1.82) is 0 Å². The first-order chi connectivity index (χ1) is 13.1. The van der Waals surface area contributed by atoms with E-state index in [2.05, 4.69) is 0 Å². The highest BCUT2D eigenvalue weighted by Gasteiger charge is 2.12. The van der Waals surface area contributed by atoms with Crippen molar-refractivity contribution in [3.8, 4) is 5.75 Å². The fourth-order valence-corrected chi connectivity index (χ4v) is 2.95. The maximum atomic E-state index is 12.3. The summed E-state index contributed by atoms with van der Waals surface area (Å²) in [6, 6.07) is 18.9. The van der Waals surface area contributed by atoms with Crippen LogP contribution in [0.3, 0.4) is 0 Å². The molecule has 1 heterocycles. The summed E-state index contributed by atoms with van der Waals surface area (Å²) in [5, 5.41) is 1.78. The summed E-state index contributed by atoms with van der Waals surface area (Å²) in [4.78, 5) is 36.3. The molecule has 0 amide bonds. The second-order valence-electron chi connectivity index (χ2n) is 5.57. The number of ether oxygens (including phenoxy) is 2. The Morgan fingerprint density at radius 2 is 1.48 bits per heavy atom. The normalized spacial score (nSPS) is 10.2. The Kier molecular flexibility index (Phi) is 6.12. The molecule has 0 aliphatic heterocycles. The standard InChI is InChI=1S/C21H16O5S/c22-18(19-7-4-12-27-19)13-26-20(23)14-25-17-10-8-16(9-11-17)21(24)15-5-2-1-3-6-15/h1-12H,13-14H2. The second-order valence-corrected chi connectivity index (χ2v) is 6.52. The molecule has 0 aliphatic rings. The van der Waals surface area contributed by atoms with Crippen molar-refractivity contribution in [2.24, 2.45) is 0 Å². The molecule has 0 bridgehead atoms. The first-order valence-corrected chi connectivity index (χ1v) is 9.06. The van der Waals surface area contributed by atoms with Gasteiger partial charge in [-0.2, -0.15) is 0 Å². The molecule has 1 aromatic heterocycles. The van der Waals surface area contributed by atoms with Gasteiger partial charge in [0.1, 0.15) is 5.75 Å². The minimum Gasteiger partial charge on any atom is -0.482 e. The zero-order chi connectivity index (χ0) is 19.1. The van der Waals surface area contributed by atoms with E-state index in [4.69, 9.17) is 9.47 Å². The van der Waals surface area contributed by atoms with Crippen molar-refractivity contribution in [1.82, 2.24) is 0 Å². The number of rotatable bonds is 8. The van der Waals surface area contributed by atoms with Gasteiger partial charge in [-0.05, 0) is 35.7 Å². The number of ketones is 2. The van der Waals surface area contributed by atoms with E-state index in [0.29, 0.717) is 21.8 Å². The Bertz CT molecular complexity index is 915. The summed E-state index contributed by atoms with van der Waals surface area (Å²) in [5.74, 6) is -0.540. The van der Waals surface area contributed by atoms with Crippen LogP contribution in [-0.4, -0.2) is 30.7 Å². The molecule has 2 aromatic carbocycles. The van der Waals surface area contributed by atoms with Gasteiger partial charge in [0.2, 0.25) is 5.78 Å². The van der Waals surface area contributed by atoms with Crippen LogP contribution in [0, 0.1) is 0 Å². The van der Waals surface area contributed by atoms with Crippen LogP contribution in [0.1, 0.15) is 25.6 Å². The molecule has 0 radical (unpaired) electrons.